The van der Waals surface area contributed by atoms with Crippen molar-refractivity contribution in [3.8, 4) is 6.07 Å². The summed E-state index contributed by atoms with van der Waals surface area (Å²) in [6, 6.07) is 6.20. The van der Waals surface area contributed by atoms with Crippen LogP contribution in [0.15, 0.2) is 12.1 Å². The summed E-state index contributed by atoms with van der Waals surface area (Å²) in [6.45, 7) is 1.93. The van der Waals surface area contributed by atoms with Crippen molar-refractivity contribution >= 4 is 5.82 Å². The fourth-order valence-corrected chi connectivity index (χ4v) is 2.24. The molecule has 1 fully saturated rings. The Morgan fingerprint density at radius 3 is 2.94 bits per heavy atom. The molecule has 0 spiro atoms. The Hall–Kier alpha value is -1.60. The van der Waals surface area contributed by atoms with Gasteiger partial charge in [-0.3, -0.25) is 0 Å². The predicted octanol–water partition coefficient (Wildman–Crippen LogP) is 2.24. The van der Waals surface area contributed by atoms with Crippen LogP contribution in [0.5, 0.6) is 0 Å². The van der Waals surface area contributed by atoms with Crippen molar-refractivity contribution in [2.75, 3.05) is 12.4 Å². The summed E-state index contributed by atoms with van der Waals surface area (Å²) in [5.74, 6) is 0.703. The van der Waals surface area contributed by atoms with Crippen LogP contribution in [-0.2, 0) is 4.74 Å². The number of hydrogen-bond donors (Lipinski definition) is 1. The molecule has 17 heavy (non-hydrogen) atoms. The third-order valence-electron chi connectivity index (χ3n) is 3.21. The number of anilines is 1. The fourth-order valence-electron chi connectivity index (χ4n) is 2.24. The smallest absolute Gasteiger partial charge is 0.144 e. The number of pyridine rings is 1. The van der Waals surface area contributed by atoms with Crippen LogP contribution in [0.1, 0.15) is 30.5 Å². The van der Waals surface area contributed by atoms with Gasteiger partial charge in [0.2, 0.25) is 0 Å². The van der Waals surface area contributed by atoms with E-state index in [9.17, 15) is 0 Å². The van der Waals surface area contributed by atoms with Crippen molar-refractivity contribution in [2.24, 2.45) is 0 Å². The Kier molecular flexibility index (Phi) is 3.60. The van der Waals surface area contributed by atoms with E-state index in [1.54, 1.807) is 7.11 Å². The molecule has 1 aliphatic carbocycles. The van der Waals surface area contributed by atoms with Gasteiger partial charge in [-0.2, -0.15) is 5.26 Å². The Balaban J connectivity index is 2.09. The molecule has 1 aliphatic rings. The van der Waals surface area contributed by atoms with Gasteiger partial charge in [0.1, 0.15) is 11.9 Å². The molecule has 0 bridgehead atoms. The summed E-state index contributed by atoms with van der Waals surface area (Å²) in [5.41, 5.74) is 1.53. The van der Waals surface area contributed by atoms with Gasteiger partial charge in [-0.1, -0.05) is 0 Å². The average molecular weight is 231 g/mol. The number of nitriles is 1. The number of hydrogen-bond acceptors (Lipinski definition) is 4. The molecule has 0 aliphatic heterocycles. The minimum absolute atomic E-state index is 0.336. The first-order chi connectivity index (χ1) is 8.22. The number of aromatic nitrogens is 1. The second-order valence-corrected chi connectivity index (χ2v) is 4.47. The summed E-state index contributed by atoms with van der Waals surface area (Å²) in [7, 11) is 1.75. The molecule has 4 heteroatoms. The van der Waals surface area contributed by atoms with Gasteiger partial charge >= 0.3 is 0 Å². The maximum Gasteiger partial charge on any atom is 0.144 e. The monoisotopic (exact) mass is 231 g/mol. The Labute approximate surface area is 102 Å². The molecule has 1 aromatic rings. The van der Waals surface area contributed by atoms with E-state index in [0.717, 1.165) is 25.0 Å². The molecule has 90 valence electrons. The molecule has 0 radical (unpaired) electrons. The number of ether oxygens (including phenoxy) is 1. The zero-order chi connectivity index (χ0) is 12.3. The molecule has 0 saturated heterocycles. The van der Waals surface area contributed by atoms with E-state index in [2.05, 4.69) is 16.4 Å². The number of methoxy groups -OCH3 is 1. The number of rotatable bonds is 3. The van der Waals surface area contributed by atoms with E-state index in [1.807, 2.05) is 19.1 Å². The molecule has 2 unspecified atom stereocenters. The predicted molar refractivity (Wildman–Crippen MR) is 65.7 cm³/mol. The molecular weight excluding hydrogens is 214 g/mol. The van der Waals surface area contributed by atoms with E-state index in [0.29, 0.717) is 23.5 Å². The molecule has 1 aromatic heterocycles. The first kappa shape index (κ1) is 11.9. The van der Waals surface area contributed by atoms with Gasteiger partial charge in [-0.05, 0) is 38.3 Å². The highest BCUT2D eigenvalue weighted by atomic mass is 16.5. The lowest BCUT2D eigenvalue weighted by molar-refractivity contribution is 0.108. The molecule has 2 atom stereocenters. The first-order valence-electron chi connectivity index (χ1n) is 5.90. The molecule has 0 aromatic carbocycles. The quantitative estimate of drug-likeness (QED) is 0.866. The highest BCUT2D eigenvalue weighted by molar-refractivity contribution is 5.52. The molecular formula is C13H17N3O. The van der Waals surface area contributed by atoms with Crippen LogP contribution in [0.4, 0.5) is 5.82 Å². The van der Waals surface area contributed by atoms with E-state index in [4.69, 9.17) is 10.00 Å². The van der Waals surface area contributed by atoms with E-state index in [-0.39, 0.29) is 0 Å². The van der Waals surface area contributed by atoms with E-state index < -0.39 is 0 Å². The first-order valence-corrected chi connectivity index (χ1v) is 5.90. The zero-order valence-corrected chi connectivity index (χ0v) is 10.2. The molecule has 1 N–H and O–H groups in total. The number of nitrogens with zero attached hydrogens (tertiary/aromatic N) is 2. The van der Waals surface area contributed by atoms with Gasteiger partial charge < -0.3 is 10.1 Å². The fraction of sp³-hybridized carbons (Fsp3) is 0.538. The third kappa shape index (κ3) is 2.75. The second kappa shape index (κ2) is 5.15. The second-order valence-electron chi connectivity index (χ2n) is 4.47. The standard InChI is InChI=1S/C13H17N3O/c1-9-3-4-10(8-14)13(15-9)16-11-5-6-12(7-11)17-2/h3-4,11-12H,5-7H2,1-2H3,(H,15,16). The molecule has 2 rings (SSSR count). The van der Waals surface area contributed by atoms with Crippen molar-refractivity contribution < 1.29 is 4.74 Å². The molecule has 4 nitrogen and oxygen atoms in total. The summed E-state index contributed by atoms with van der Waals surface area (Å²) >= 11 is 0. The lowest BCUT2D eigenvalue weighted by atomic mass is 10.2. The molecule has 0 amide bonds. The van der Waals surface area contributed by atoms with Gasteiger partial charge in [0.25, 0.3) is 0 Å². The SMILES string of the molecule is COC1CCC(Nc2nc(C)ccc2C#N)C1. The summed E-state index contributed by atoms with van der Waals surface area (Å²) in [4.78, 5) is 4.38. The Morgan fingerprint density at radius 2 is 2.29 bits per heavy atom. The van der Waals surface area contributed by atoms with Gasteiger partial charge in [0.05, 0.1) is 11.7 Å². The van der Waals surface area contributed by atoms with Crippen molar-refractivity contribution in [1.82, 2.24) is 4.98 Å². The average Bonchev–Trinajstić information content (AvgIpc) is 2.77. The summed E-state index contributed by atoms with van der Waals surface area (Å²) < 4.78 is 5.33. The van der Waals surface area contributed by atoms with Crippen molar-refractivity contribution in [3.63, 3.8) is 0 Å². The van der Waals surface area contributed by atoms with E-state index in [1.165, 1.54) is 0 Å². The Bertz CT molecular complexity index is 439. The highest BCUT2D eigenvalue weighted by Crippen LogP contribution is 2.25. The van der Waals surface area contributed by atoms with Gasteiger partial charge in [-0.15, -0.1) is 0 Å². The Morgan fingerprint density at radius 1 is 1.47 bits per heavy atom. The number of aryl methyl sites for hydroxylation is 1. The zero-order valence-electron chi connectivity index (χ0n) is 10.2. The van der Waals surface area contributed by atoms with Crippen molar-refractivity contribution in [2.45, 2.75) is 38.3 Å². The third-order valence-corrected chi connectivity index (χ3v) is 3.21. The molecule has 1 saturated carbocycles. The minimum atomic E-state index is 0.336. The summed E-state index contributed by atoms with van der Waals surface area (Å²) in [5, 5.41) is 12.4. The maximum absolute atomic E-state index is 9.03. The van der Waals surface area contributed by atoms with Crippen molar-refractivity contribution in [1.29, 1.82) is 5.26 Å². The van der Waals surface area contributed by atoms with Crippen molar-refractivity contribution in [3.05, 3.63) is 23.4 Å². The summed E-state index contributed by atoms with van der Waals surface area (Å²) in [6.07, 6.45) is 3.46. The van der Waals surface area contributed by atoms with Crippen LogP contribution in [0.25, 0.3) is 0 Å². The van der Waals surface area contributed by atoms with Gasteiger partial charge in [0, 0.05) is 18.8 Å². The maximum atomic E-state index is 9.03. The van der Waals surface area contributed by atoms with Crippen LogP contribution >= 0.6 is 0 Å². The van der Waals surface area contributed by atoms with Crippen LogP contribution in [0, 0.1) is 18.3 Å². The topological polar surface area (TPSA) is 57.9 Å². The van der Waals surface area contributed by atoms with E-state index >= 15 is 0 Å². The van der Waals surface area contributed by atoms with Crippen LogP contribution in [0.3, 0.4) is 0 Å². The van der Waals surface area contributed by atoms with Crippen LogP contribution < -0.4 is 5.32 Å². The lowest BCUT2D eigenvalue weighted by Gasteiger charge is -2.14. The highest BCUT2D eigenvalue weighted by Gasteiger charge is 2.25. The van der Waals surface area contributed by atoms with Crippen LogP contribution in [-0.4, -0.2) is 24.2 Å². The largest absolute Gasteiger partial charge is 0.381 e. The van der Waals surface area contributed by atoms with Gasteiger partial charge in [-0.25, -0.2) is 4.98 Å². The number of nitrogens with one attached hydrogen (secondary N) is 1. The van der Waals surface area contributed by atoms with Gasteiger partial charge in [0.15, 0.2) is 0 Å². The minimum Gasteiger partial charge on any atom is -0.381 e. The normalized spacial score (nSPS) is 23.4. The van der Waals surface area contributed by atoms with Crippen LogP contribution in [0.2, 0.25) is 0 Å². The lowest BCUT2D eigenvalue weighted by Crippen LogP contribution is -2.19. The molecule has 1 heterocycles.